The minimum absolute atomic E-state index is 0. The largest absolute Gasteiger partial charge is 0.416 e. The normalized spacial score (nSPS) is 18.5. The molecular formula is C10H11ClF3NO. The molecule has 0 unspecified atom stereocenters. The summed E-state index contributed by atoms with van der Waals surface area (Å²) >= 11 is 0. The molecule has 1 fully saturated rings. The molecule has 0 aliphatic carbocycles. The lowest BCUT2D eigenvalue weighted by Crippen LogP contribution is -2.54. The number of nitrogens with two attached hydrogens (primary N) is 1. The number of benzene rings is 1. The van der Waals surface area contributed by atoms with Crippen molar-refractivity contribution in [2.75, 3.05) is 13.2 Å². The van der Waals surface area contributed by atoms with Gasteiger partial charge >= 0.3 is 6.18 Å². The molecule has 0 bridgehead atoms. The minimum atomic E-state index is -4.32. The highest BCUT2D eigenvalue weighted by Gasteiger charge is 2.38. The van der Waals surface area contributed by atoms with Crippen LogP contribution in [0, 0.1) is 0 Å². The lowest BCUT2D eigenvalue weighted by atomic mass is 9.88. The lowest BCUT2D eigenvalue weighted by molar-refractivity contribution is -0.137. The van der Waals surface area contributed by atoms with Gasteiger partial charge in [0.2, 0.25) is 0 Å². The van der Waals surface area contributed by atoms with E-state index in [2.05, 4.69) is 0 Å². The highest BCUT2D eigenvalue weighted by atomic mass is 35.5. The first-order valence-corrected chi connectivity index (χ1v) is 4.46. The molecule has 2 N–H and O–H groups in total. The highest BCUT2D eigenvalue weighted by molar-refractivity contribution is 5.85. The first kappa shape index (κ1) is 13.3. The van der Waals surface area contributed by atoms with Gasteiger partial charge in [0.15, 0.2) is 0 Å². The third-order valence-electron chi connectivity index (χ3n) is 2.48. The number of hydrogen-bond donors (Lipinski definition) is 1. The van der Waals surface area contributed by atoms with Crippen LogP contribution in [0.2, 0.25) is 0 Å². The standard InChI is InChI=1S/C10H10F3NO.ClH/c11-10(12,13)8-3-1-2-7(4-8)9(14)5-15-6-9;/h1-4H,5-6,14H2;1H. The van der Waals surface area contributed by atoms with Gasteiger partial charge in [0.05, 0.1) is 24.3 Å². The van der Waals surface area contributed by atoms with E-state index < -0.39 is 17.3 Å². The molecule has 0 saturated carbocycles. The van der Waals surface area contributed by atoms with Crippen LogP contribution in [0.15, 0.2) is 24.3 Å². The second-order valence-electron chi connectivity index (χ2n) is 3.73. The highest BCUT2D eigenvalue weighted by Crippen LogP contribution is 2.33. The first-order chi connectivity index (χ1) is 6.92. The van der Waals surface area contributed by atoms with Crippen molar-refractivity contribution in [2.45, 2.75) is 11.7 Å². The quantitative estimate of drug-likeness (QED) is 0.834. The molecule has 6 heteroatoms. The number of alkyl halides is 3. The molecule has 1 aromatic carbocycles. The van der Waals surface area contributed by atoms with E-state index in [-0.39, 0.29) is 25.6 Å². The molecule has 1 aliphatic rings. The average molecular weight is 254 g/mol. The molecule has 90 valence electrons. The molecule has 2 rings (SSSR count). The Morgan fingerprint density at radius 1 is 1.25 bits per heavy atom. The minimum Gasteiger partial charge on any atom is -0.377 e. The summed E-state index contributed by atoms with van der Waals surface area (Å²) in [5, 5.41) is 0. The van der Waals surface area contributed by atoms with Gasteiger partial charge in [-0.05, 0) is 17.7 Å². The van der Waals surface area contributed by atoms with Gasteiger partial charge in [0.1, 0.15) is 0 Å². The van der Waals surface area contributed by atoms with Crippen LogP contribution in [-0.4, -0.2) is 13.2 Å². The number of halogens is 4. The van der Waals surface area contributed by atoms with Gasteiger partial charge in [0, 0.05) is 0 Å². The van der Waals surface area contributed by atoms with Gasteiger partial charge < -0.3 is 10.5 Å². The Balaban J connectivity index is 0.00000128. The summed E-state index contributed by atoms with van der Waals surface area (Å²) in [4.78, 5) is 0. The third-order valence-corrected chi connectivity index (χ3v) is 2.48. The molecule has 0 amide bonds. The molecule has 1 heterocycles. The molecule has 0 spiro atoms. The van der Waals surface area contributed by atoms with E-state index in [9.17, 15) is 13.2 Å². The molecule has 1 aromatic rings. The number of rotatable bonds is 1. The zero-order valence-corrected chi connectivity index (χ0v) is 9.07. The topological polar surface area (TPSA) is 35.2 Å². The summed E-state index contributed by atoms with van der Waals surface area (Å²) in [5.41, 5.74) is 4.90. The summed E-state index contributed by atoms with van der Waals surface area (Å²) in [6.45, 7) is 0.544. The summed E-state index contributed by atoms with van der Waals surface area (Å²) in [6.07, 6.45) is -4.32. The van der Waals surface area contributed by atoms with Crippen LogP contribution < -0.4 is 5.73 Å². The molecule has 2 nitrogen and oxygen atoms in total. The van der Waals surface area contributed by atoms with Crippen molar-refractivity contribution >= 4 is 12.4 Å². The Morgan fingerprint density at radius 2 is 1.88 bits per heavy atom. The van der Waals surface area contributed by atoms with Crippen molar-refractivity contribution in [3.05, 3.63) is 35.4 Å². The molecule has 0 aromatic heterocycles. The monoisotopic (exact) mass is 253 g/mol. The summed E-state index contributed by atoms with van der Waals surface area (Å²) in [7, 11) is 0. The van der Waals surface area contributed by atoms with Crippen molar-refractivity contribution in [2.24, 2.45) is 5.73 Å². The van der Waals surface area contributed by atoms with E-state index in [0.717, 1.165) is 12.1 Å². The predicted molar refractivity (Wildman–Crippen MR) is 55.4 cm³/mol. The average Bonchev–Trinajstić information content (AvgIpc) is 2.13. The van der Waals surface area contributed by atoms with E-state index in [1.165, 1.54) is 6.07 Å². The number of ether oxygens (including phenoxy) is 1. The van der Waals surface area contributed by atoms with Crippen molar-refractivity contribution in [1.82, 2.24) is 0 Å². The van der Waals surface area contributed by atoms with Gasteiger partial charge in [-0.15, -0.1) is 12.4 Å². The van der Waals surface area contributed by atoms with Gasteiger partial charge in [-0.25, -0.2) is 0 Å². The van der Waals surface area contributed by atoms with Crippen LogP contribution in [0.4, 0.5) is 13.2 Å². The van der Waals surface area contributed by atoms with E-state index in [1.54, 1.807) is 6.07 Å². The fourth-order valence-electron chi connectivity index (χ4n) is 1.49. The van der Waals surface area contributed by atoms with Crippen LogP contribution in [0.3, 0.4) is 0 Å². The van der Waals surface area contributed by atoms with Gasteiger partial charge in [-0.2, -0.15) is 13.2 Å². The van der Waals surface area contributed by atoms with Gasteiger partial charge in [-0.1, -0.05) is 12.1 Å². The molecule has 16 heavy (non-hydrogen) atoms. The van der Waals surface area contributed by atoms with Crippen LogP contribution in [0.5, 0.6) is 0 Å². The van der Waals surface area contributed by atoms with E-state index in [1.807, 2.05) is 0 Å². The maximum atomic E-state index is 12.4. The molecule has 1 saturated heterocycles. The smallest absolute Gasteiger partial charge is 0.377 e. The molecule has 0 radical (unpaired) electrons. The van der Waals surface area contributed by atoms with Gasteiger partial charge in [0.25, 0.3) is 0 Å². The Labute approximate surface area is 97.0 Å². The van der Waals surface area contributed by atoms with E-state index in [4.69, 9.17) is 10.5 Å². The molecule has 0 atom stereocenters. The van der Waals surface area contributed by atoms with Crippen LogP contribution in [0.1, 0.15) is 11.1 Å². The maximum Gasteiger partial charge on any atom is 0.416 e. The fourth-order valence-corrected chi connectivity index (χ4v) is 1.49. The SMILES string of the molecule is Cl.NC1(c2cccc(C(F)(F)F)c2)COC1. The lowest BCUT2D eigenvalue weighted by Gasteiger charge is -2.38. The van der Waals surface area contributed by atoms with Gasteiger partial charge in [-0.3, -0.25) is 0 Å². The van der Waals surface area contributed by atoms with Crippen LogP contribution in [0.25, 0.3) is 0 Å². The Kier molecular flexibility index (Phi) is 3.52. The Hall–Kier alpha value is -0.780. The van der Waals surface area contributed by atoms with Crippen LogP contribution >= 0.6 is 12.4 Å². The third kappa shape index (κ3) is 2.31. The maximum absolute atomic E-state index is 12.4. The van der Waals surface area contributed by atoms with Crippen molar-refractivity contribution in [3.63, 3.8) is 0 Å². The second kappa shape index (κ2) is 4.24. The summed E-state index contributed by atoms with van der Waals surface area (Å²) in [5.74, 6) is 0. The molecule has 1 aliphatic heterocycles. The summed E-state index contributed by atoms with van der Waals surface area (Å²) in [6, 6.07) is 5.08. The van der Waals surface area contributed by atoms with Crippen molar-refractivity contribution < 1.29 is 17.9 Å². The fraction of sp³-hybridized carbons (Fsp3) is 0.400. The van der Waals surface area contributed by atoms with Crippen LogP contribution in [-0.2, 0) is 16.5 Å². The van der Waals surface area contributed by atoms with E-state index >= 15 is 0 Å². The second-order valence-corrected chi connectivity index (χ2v) is 3.73. The zero-order valence-electron chi connectivity index (χ0n) is 8.25. The molecular weight excluding hydrogens is 243 g/mol. The van der Waals surface area contributed by atoms with E-state index in [0.29, 0.717) is 5.56 Å². The number of hydrogen-bond acceptors (Lipinski definition) is 2. The predicted octanol–water partition coefficient (Wildman–Crippen LogP) is 2.31. The Bertz CT molecular complexity index is 377. The first-order valence-electron chi connectivity index (χ1n) is 4.46. The van der Waals surface area contributed by atoms with Crippen molar-refractivity contribution in [3.8, 4) is 0 Å². The Morgan fingerprint density at radius 3 is 2.31 bits per heavy atom. The summed E-state index contributed by atoms with van der Waals surface area (Å²) < 4.78 is 42.1. The van der Waals surface area contributed by atoms with Crippen molar-refractivity contribution in [1.29, 1.82) is 0 Å². The zero-order chi connectivity index (χ0) is 11.1.